The van der Waals surface area contributed by atoms with Gasteiger partial charge in [0.05, 0.1) is 12.8 Å². The summed E-state index contributed by atoms with van der Waals surface area (Å²) in [5.41, 5.74) is 2.59. The first-order valence-electron chi connectivity index (χ1n) is 9.02. The molecule has 2 aromatic rings. The number of aryl methyl sites for hydroxylation is 1. The van der Waals surface area contributed by atoms with Crippen molar-refractivity contribution in [3.63, 3.8) is 0 Å². The fourth-order valence-electron chi connectivity index (χ4n) is 3.62. The molecule has 0 aliphatic carbocycles. The molecule has 1 aromatic carbocycles. The van der Waals surface area contributed by atoms with Crippen LogP contribution in [0.3, 0.4) is 0 Å². The Morgan fingerprint density at radius 2 is 2.16 bits per heavy atom. The van der Waals surface area contributed by atoms with Crippen molar-refractivity contribution in [1.29, 1.82) is 0 Å². The zero-order valence-corrected chi connectivity index (χ0v) is 14.4. The van der Waals surface area contributed by atoms with E-state index in [1.807, 2.05) is 21.7 Å². The summed E-state index contributed by atoms with van der Waals surface area (Å²) < 4.78 is 7.31. The van der Waals surface area contributed by atoms with Crippen LogP contribution in [0.2, 0.25) is 0 Å². The predicted molar refractivity (Wildman–Crippen MR) is 95.3 cm³/mol. The minimum Gasteiger partial charge on any atom is -0.381 e. The number of anilines is 1. The molecule has 0 radical (unpaired) electrons. The Kier molecular flexibility index (Phi) is 4.70. The van der Waals surface area contributed by atoms with Gasteiger partial charge in [-0.3, -0.25) is 5.32 Å². The lowest BCUT2D eigenvalue weighted by Crippen LogP contribution is -2.35. The van der Waals surface area contributed by atoms with Gasteiger partial charge in [-0.15, -0.1) is 0 Å². The van der Waals surface area contributed by atoms with Gasteiger partial charge in [0.25, 0.3) is 0 Å². The second-order valence-electron chi connectivity index (χ2n) is 6.85. The third-order valence-corrected chi connectivity index (χ3v) is 5.05. The Hall–Kier alpha value is -2.34. The molecule has 2 aliphatic heterocycles. The maximum atomic E-state index is 12.8. The number of carbonyl (C=O) groups is 1. The second kappa shape index (κ2) is 7.27. The van der Waals surface area contributed by atoms with E-state index in [4.69, 9.17) is 4.74 Å². The second-order valence-corrected chi connectivity index (χ2v) is 6.85. The molecule has 0 spiro atoms. The van der Waals surface area contributed by atoms with Crippen molar-refractivity contribution < 1.29 is 9.53 Å². The highest BCUT2D eigenvalue weighted by atomic mass is 16.5. The molecule has 1 unspecified atom stereocenters. The van der Waals surface area contributed by atoms with E-state index in [0.717, 1.165) is 51.4 Å². The van der Waals surface area contributed by atoms with Gasteiger partial charge in [-0.25, -0.2) is 9.48 Å². The molecule has 6 nitrogen and oxygen atoms in total. The molecule has 1 saturated heterocycles. The number of carbonyl (C=O) groups excluding carboxylic acids is 1. The molecule has 1 atom stereocenters. The number of hydrogen-bond donors (Lipinski definition) is 1. The van der Waals surface area contributed by atoms with Gasteiger partial charge in [0.15, 0.2) is 0 Å². The summed E-state index contributed by atoms with van der Waals surface area (Å²) in [5.74, 6) is 1.23. The van der Waals surface area contributed by atoms with Gasteiger partial charge < -0.3 is 9.64 Å². The summed E-state index contributed by atoms with van der Waals surface area (Å²) in [6, 6.07) is 10.2. The van der Waals surface area contributed by atoms with Crippen molar-refractivity contribution in [3.8, 4) is 0 Å². The van der Waals surface area contributed by atoms with Crippen molar-refractivity contribution in [1.82, 2.24) is 14.7 Å². The molecule has 1 N–H and O–H groups in total. The average molecular weight is 340 g/mol. The zero-order valence-electron chi connectivity index (χ0n) is 14.4. The number of hydrogen-bond acceptors (Lipinski definition) is 3. The fraction of sp³-hybridized carbons (Fsp3) is 0.474. The molecular formula is C19H24N4O2. The Balaban J connectivity index is 1.43. The molecule has 0 saturated carbocycles. The SMILES string of the molecule is O=C(Nc1ccnn1CC1CCOC1)N1CCCc2ccccc2C1. The van der Waals surface area contributed by atoms with E-state index < -0.39 is 0 Å². The number of ether oxygens (including phenoxy) is 1. The van der Waals surface area contributed by atoms with Gasteiger partial charge in [-0.2, -0.15) is 5.10 Å². The third-order valence-electron chi connectivity index (χ3n) is 5.05. The normalized spacial score (nSPS) is 20.2. The monoisotopic (exact) mass is 340 g/mol. The van der Waals surface area contributed by atoms with Gasteiger partial charge in [-0.1, -0.05) is 24.3 Å². The predicted octanol–water partition coefficient (Wildman–Crippen LogP) is 2.90. The lowest BCUT2D eigenvalue weighted by Gasteiger charge is -2.22. The number of benzene rings is 1. The lowest BCUT2D eigenvalue weighted by atomic mass is 10.0. The van der Waals surface area contributed by atoms with Crippen LogP contribution in [-0.4, -0.2) is 40.5 Å². The van der Waals surface area contributed by atoms with Crippen LogP contribution in [0.15, 0.2) is 36.5 Å². The molecule has 1 fully saturated rings. The number of aromatic nitrogens is 2. The number of nitrogens with zero attached hydrogens (tertiary/aromatic N) is 3. The summed E-state index contributed by atoms with van der Waals surface area (Å²) in [5, 5.41) is 7.40. The first-order valence-corrected chi connectivity index (χ1v) is 9.02. The largest absolute Gasteiger partial charge is 0.381 e. The highest BCUT2D eigenvalue weighted by Gasteiger charge is 2.21. The Bertz CT molecular complexity index is 737. The highest BCUT2D eigenvalue weighted by Crippen LogP contribution is 2.20. The Labute approximate surface area is 147 Å². The molecule has 25 heavy (non-hydrogen) atoms. The summed E-state index contributed by atoms with van der Waals surface area (Å²) in [4.78, 5) is 14.7. The number of urea groups is 1. The summed E-state index contributed by atoms with van der Waals surface area (Å²) in [7, 11) is 0. The van der Waals surface area contributed by atoms with Gasteiger partial charge in [-0.05, 0) is 30.4 Å². The topological polar surface area (TPSA) is 59.4 Å². The summed E-state index contributed by atoms with van der Waals surface area (Å²) in [6.07, 6.45) is 4.81. The van der Waals surface area contributed by atoms with Crippen LogP contribution in [0.4, 0.5) is 10.6 Å². The maximum Gasteiger partial charge on any atom is 0.323 e. The van der Waals surface area contributed by atoms with Crippen LogP contribution in [0.25, 0.3) is 0 Å². The van der Waals surface area contributed by atoms with Crippen molar-refractivity contribution in [3.05, 3.63) is 47.7 Å². The van der Waals surface area contributed by atoms with E-state index in [9.17, 15) is 4.79 Å². The van der Waals surface area contributed by atoms with Crippen LogP contribution in [0.1, 0.15) is 24.0 Å². The average Bonchev–Trinajstić information content (AvgIpc) is 3.23. The van der Waals surface area contributed by atoms with Gasteiger partial charge >= 0.3 is 6.03 Å². The smallest absolute Gasteiger partial charge is 0.323 e. The molecular weight excluding hydrogens is 316 g/mol. The summed E-state index contributed by atoms with van der Waals surface area (Å²) in [6.45, 7) is 3.81. The molecule has 0 bridgehead atoms. The van der Waals surface area contributed by atoms with Crippen LogP contribution in [0, 0.1) is 5.92 Å². The molecule has 3 heterocycles. The molecule has 2 aliphatic rings. The van der Waals surface area contributed by atoms with Crippen molar-refractivity contribution in [2.24, 2.45) is 5.92 Å². The number of fused-ring (bicyclic) bond motifs is 1. The zero-order chi connectivity index (χ0) is 17.1. The van der Waals surface area contributed by atoms with Crippen molar-refractivity contribution in [2.75, 3.05) is 25.1 Å². The fourth-order valence-corrected chi connectivity index (χ4v) is 3.62. The highest BCUT2D eigenvalue weighted by molar-refractivity contribution is 5.88. The van der Waals surface area contributed by atoms with Gasteiger partial charge in [0.1, 0.15) is 5.82 Å². The van der Waals surface area contributed by atoms with Crippen LogP contribution in [0.5, 0.6) is 0 Å². The van der Waals surface area contributed by atoms with E-state index >= 15 is 0 Å². The van der Waals surface area contributed by atoms with Crippen LogP contribution in [-0.2, 0) is 24.2 Å². The number of rotatable bonds is 3. The molecule has 4 rings (SSSR count). The minimum atomic E-state index is -0.0545. The molecule has 1 aromatic heterocycles. The van der Waals surface area contributed by atoms with E-state index in [-0.39, 0.29) is 6.03 Å². The first-order chi connectivity index (χ1) is 12.3. The van der Waals surface area contributed by atoms with Gasteiger partial charge in [0.2, 0.25) is 0 Å². The van der Waals surface area contributed by atoms with Crippen molar-refractivity contribution in [2.45, 2.75) is 32.4 Å². The first kappa shape index (κ1) is 16.1. The standard InChI is InChI=1S/C19H24N4O2/c24-19(22-10-3-6-16-4-1-2-5-17(16)13-22)21-18-7-9-20-23(18)12-15-8-11-25-14-15/h1-2,4-5,7,9,15H,3,6,8,10-14H2,(H,21,24). The van der Waals surface area contributed by atoms with Gasteiger partial charge in [0, 0.05) is 38.2 Å². The van der Waals surface area contributed by atoms with E-state index in [2.05, 4.69) is 28.6 Å². The Morgan fingerprint density at radius 1 is 1.28 bits per heavy atom. The lowest BCUT2D eigenvalue weighted by molar-refractivity contribution is 0.181. The summed E-state index contributed by atoms with van der Waals surface area (Å²) >= 11 is 0. The molecule has 132 valence electrons. The van der Waals surface area contributed by atoms with Crippen molar-refractivity contribution >= 4 is 11.8 Å². The quantitative estimate of drug-likeness (QED) is 0.935. The molecule has 2 amide bonds. The van der Waals surface area contributed by atoms with Crippen LogP contribution < -0.4 is 5.32 Å². The van der Waals surface area contributed by atoms with E-state index in [1.165, 1.54) is 11.1 Å². The van der Waals surface area contributed by atoms with Crippen LogP contribution >= 0.6 is 0 Å². The number of nitrogens with one attached hydrogen (secondary N) is 1. The Morgan fingerprint density at radius 3 is 3.00 bits per heavy atom. The molecule has 6 heteroatoms. The van der Waals surface area contributed by atoms with E-state index in [0.29, 0.717) is 12.5 Å². The maximum absolute atomic E-state index is 12.8. The minimum absolute atomic E-state index is 0.0545. The third kappa shape index (κ3) is 3.69. The van der Waals surface area contributed by atoms with E-state index in [1.54, 1.807) is 6.20 Å². The number of amides is 2.